The second kappa shape index (κ2) is 25.9. The lowest BCUT2D eigenvalue weighted by Crippen LogP contribution is -2.19. The molecule has 5 aromatic rings. The van der Waals surface area contributed by atoms with Crippen molar-refractivity contribution in [2.45, 2.75) is 67.2 Å². The molecule has 0 saturated heterocycles. The Morgan fingerprint density at radius 1 is 0.574 bits per heavy atom. The molecule has 0 aliphatic rings. The van der Waals surface area contributed by atoms with Crippen LogP contribution in [0.25, 0.3) is 0 Å². The van der Waals surface area contributed by atoms with Crippen LogP contribution in [0.3, 0.4) is 0 Å². The van der Waals surface area contributed by atoms with Gasteiger partial charge in [0, 0.05) is 52.1 Å². The van der Waals surface area contributed by atoms with E-state index in [1.54, 1.807) is 80.1 Å². The largest absolute Gasteiger partial charge is 0.463 e. The Morgan fingerprint density at radius 3 is 1.40 bits per heavy atom. The number of carbonyl (C=O) groups excluding carboxylic acids is 6. The minimum absolute atomic E-state index is 0.00263. The molecule has 68 heavy (non-hydrogen) atoms. The zero-order valence-electron chi connectivity index (χ0n) is 39.2. The van der Waals surface area contributed by atoms with Gasteiger partial charge in [0.15, 0.2) is 5.78 Å². The first kappa shape index (κ1) is 53.7. The average molecular weight is 959 g/mol. The van der Waals surface area contributed by atoms with E-state index in [0.717, 1.165) is 46.6 Å². The van der Waals surface area contributed by atoms with E-state index in [0.29, 0.717) is 52.0 Å². The molecule has 15 heteroatoms. The smallest absolute Gasteiger partial charge is 0.330 e. The quantitative estimate of drug-likeness (QED) is 0.0248. The lowest BCUT2D eigenvalue weighted by molar-refractivity contribution is -0.140. The molecule has 1 atom stereocenters. The fourth-order valence-electron chi connectivity index (χ4n) is 7.86. The van der Waals surface area contributed by atoms with Crippen molar-refractivity contribution >= 4 is 68.2 Å². The summed E-state index contributed by atoms with van der Waals surface area (Å²) >= 11 is 0. The number of ether oxygens (including phenoxy) is 2. The SMILES string of the molecule is CCOP(=O)(C(=O)c1c(C)cc(C)c(NC(=O)/C=C/C(=O)OCCCCOC(=O)/C=C/C(=O)Nc2c(C)cc(C)c(C(=O)C(c3ccccc3)c3ccccc3)c2C)c1C)c1ccccc1.O=P. The minimum atomic E-state index is -3.98. The average Bonchev–Trinajstić information content (AvgIpc) is 3.33. The number of benzene rings is 5. The fraction of sp³-hybridized carbons (Fsp3) is 0.245. The van der Waals surface area contributed by atoms with Crippen LogP contribution in [0.15, 0.2) is 127 Å². The molecule has 0 radical (unpaired) electrons. The van der Waals surface area contributed by atoms with E-state index >= 15 is 0 Å². The van der Waals surface area contributed by atoms with Gasteiger partial charge in [-0.2, -0.15) is 0 Å². The zero-order valence-corrected chi connectivity index (χ0v) is 41.1. The monoisotopic (exact) mass is 958 g/mol. The number of Topliss-reactive ketones (excluding diaryl/α,β-unsaturated/α-hetero) is 1. The second-order valence-corrected chi connectivity index (χ2v) is 18.0. The van der Waals surface area contributed by atoms with Gasteiger partial charge in [-0.1, -0.05) is 91.0 Å². The molecule has 0 heterocycles. The van der Waals surface area contributed by atoms with Crippen LogP contribution in [0.1, 0.15) is 90.9 Å². The van der Waals surface area contributed by atoms with Crippen LogP contribution in [0, 0.1) is 41.5 Å². The normalized spacial score (nSPS) is 11.9. The van der Waals surface area contributed by atoms with Crippen LogP contribution < -0.4 is 15.9 Å². The van der Waals surface area contributed by atoms with Gasteiger partial charge in [-0.25, -0.2) is 9.59 Å². The van der Waals surface area contributed by atoms with Crippen LogP contribution in [0.2, 0.25) is 0 Å². The molecule has 0 aromatic heterocycles. The Hall–Kier alpha value is -6.91. The first-order chi connectivity index (χ1) is 32.6. The van der Waals surface area contributed by atoms with Crippen molar-refractivity contribution < 1.29 is 51.9 Å². The van der Waals surface area contributed by atoms with Crippen molar-refractivity contribution in [1.29, 1.82) is 0 Å². The van der Waals surface area contributed by atoms with E-state index in [9.17, 15) is 33.3 Å². The van der Waals surface area contributed by atoms with E-state index in [2.05, 4.69) is 10.6 Å². The number of hydrogen-bond donors (Lipinski definition) is 2. The molecule has 5 aromatic carbocycles. The van der Waals surface area contributed by atoms with Crippen molar-refractivity contribution in [2.24, 2.45) is 0 Å². The number of nitrogens with one attached hydrogen (secondary N) is 2. The van der Waals surface area contributed by atoms with E-state index in [1.807, 2.05) is 80.6 Å². The molecule has 0 aliphatic heterocycles. The molecular formula is C53H56N2O11P2. The van der Waals surface area contributed by atoms with Crippen LogP contribution in [-0.2, 0) is 42.3 Å². The molecule has 0 fully saturated rings. The van der Waals surface area contributed by atoms with Crippen LogP contribution in [0.4, 0.5) is 11.4 Å². The Balaban J connectivity index is 0.00000497. The van der Waals surface area contributed by atoms with Crippen molar-refractivity contribution in [3.8, 4) is 0 Å². The maximum absolute atomic E-state index is 14.3. The summed E-state index contributed by atoms with van der Waals surface area (Å²) in [5, 5.41) is 5.83. The molecule has 5 rings (SSSR count). The molecule has 0 saturated carbocycles. The number of unbranched alkanes of at least 4 members (excludes halogenated alkanes) is 1. The maximum atomic E-state index is 14.3. The van der Waals surface area contributed by atoms with Gasteiger partial charge in [0.1, 0.15) is 9.12 Å². The molecule has 0 spiro atoms. The number of ketones is 1. The van der Waals surface area contributed by atoms with Crippen molar-refractivity contribution in [3.63, 3.8) is 0 Å². The molecule has 1 unspecified atom stereocenters. The van der Waals surface area contributed by atoms with Crippen LogP contribution in [-0.4, -0.2) is 54.9 Å². The molecule has 354 valence electrons. The topological polar surface area (TPSA) is 188 Å². The molecule has 0 aliphatic carbocycles. The van der Waals surface area contributed by atoms with Gasteiger partial charge in [0.05, 0.1) is 25.7 Å². The summed E-state index contributed by atoms with van der Waals surface area (Å²) < 4.78 is 38.1. The van der Waals surface area contributed by atoms with Gasteiger partial charge in [0.2, 0.25) is 11.8 Å². The number of anilines is 2. The number of carbonyl (C=O) groups is 6. The van der Waals surface area contributed by atoms with E-state index in [4.69, 9.17) is 18.6 Å². The van der Waals surface area contributed by atoms with Gasteiger partial charge < -0.3 is 24.6 Å². The van der Waals surface area contributed by atoms with Gasteiger partial charge in [-0.3, -0.25) is 28.3 Å². The summed E-state index contributed by atoms with van der Waals surface area (Å²) in [5.41, 5.74) is 6.32. The molecule has 2 amide bonds. The molecule has 2 N–H and O–H groups in total. The maximum Gasteiger partial charge on any atom is 0.330 e. The van der Waals surface area contributed by atoms with E-state index < -0.39 is 42.6 Å². The fourth-order valence-corrected chi connectivity index (χ4v) is 9.93. The third-order valence-electron chi connectivity index (χ3n) is 10.9. The number of aryl methyl sites for hydroxylation is 4. The number of rotatable bonds is 20. The third-order valence-corrected chi connectivity index (χ3v) is 13.2. The number of esters is 2. The minimum Gasteiger partial charge on any atom is -0.463 e. The molecule has 0 bridgehead atoms. The lowest BCUT2D eigenvalue weighted by Gasteiger charge is -2.22. The molecular weight excluding hydrogens is 903 g/mol. The summed E-state index contributed by atoms with van der Waals surface area (Å²) in [6.45, 7) is 12.3. The van der Waals surface area contributed by atoms with Crippen molar-refractivity contribution in [2.75, 3.05) is 30.5 Å². The highest BCUT2D eigenvalue weighted by molar-refractivity contribution is 7.83. The van der Waals surface area contributed by atoms with Gasteiger partial charge in [-0.15, -0.1) is 0 Å². The third kappa shape index (κ3) is 13.8. The van der Waals surface area contributed by atoms with Gasteiger partial charge >= 0.3 is 19.3 Å². The highest BCUT2D eigenvalue weighted by Gasteiger charge is 2.38. The number of hydrogen-bond acceptors (Lipinski definition) is 11. The Kier molecular flexibility index (Phi) is 20.4. The summed E-state index contributed by atoms with van der Waals surface area (Å²) in [5.74, 6) is -3.39. The van der Waals surface area contributed by atoms with Crippen molar-refractivity contribution in [3.05, 3.63) is 183 Å². The van der Waals surface area contributed by atoms with Gasteiger partial charge in [-0.05, 0) is 118 Å². The standard InChI is InChI=1S/C53H55N2O10P.HOP/c1-8-65-66(62,42-24-16-11-17-25-42)53(61)48-35(3)33-37(5)51(39(48)7)55-44(57)27-29-46(59)64-31-19-18-30-63-45(58)28-26-43(56)54-50-36(4)32-34(2)47(38(50)6)52(60)49(40-20-12-9-13-21-40)41-22-14-10-15-23-41;1-2/h9-17,20-29,32-33,49H,8,18-19,30-31H2,1-7H3,(H,54,56)(H,55,57);2H/b28-26+,29-27+;. The van der Waals surface area contributed by atoms with Gasteiger partial charge in [0.25, 0.3) is 5.52 Å². The predicted octanol–water partition coefficient (Wildman–Crippen LogP) is 10.4. The first-order valence-electron chi connectivity index (χ1n) is 21.8. The highest BCUT2D eigenvalue weighted by atomic mass is 31.2. The molecule has 13 nitrogen and oxygen atoms in total. The Labute approximate surface area is 399 Å². The summed E-state index contributed by atoms with van der Waals surface area (Å²) in [6, 6.07) is 31.0. The predicted molar refractivity (Wildman–Crippen MR) is 266 cm³/mol. The summed E-state index contributed by atoms with van der Waals surface area (Å²) in [6.07, 6.45) is 4.75. The van der Waals surface area contributed by atoms with Crippen LogP contribution in [0.5, 0.6) is 0 Å². The number of amides is 2. The summed E-state index contributed by atoms with van der Waals surface area (Å²) in [7, 11) is -2.25. The highest BCUT2D eigenvalue weighted by Crippen LogP contribution is 2.50. The Morgan fingerprint density at radius 2 is 0.971 bits per heavy atom. The second-order valence-electron chi connectivity index (χ2n) is 15.7. The lowest BCUT2D eigenvalue weighted by atomic mass is 9.81. The zero-order chi connectivity index (χ0) is 50.0. The first-order valence-corrected chi connectivity index (χ1v) is 23.8. The Bertz CT molecular complexity index is 2700. The summed E-state index contributed by atoms with van der Waals surface area (Å²) in [4.78, 5) is 78.9. The van der Waals surface area contributed by atoms with E-state index in [1.165, 1.54) is 0 Å². The van der Waals surface area contributed by atoms with E-state index in [-0.39, 0.29) is 36.5 Å². The van der Waals surface area contributed by atoms with Crippen LogP contribution >= 0.6 is 16.5 Å². The van der Waals surface area contributed by atoms with Crippen molar-refractivity contribution in [1.82, 2.24) is 0 Å².